The van der Waals surface area contributed by atoms with Crippen molar-refractivity contribution in [3.05, 3.63) is 90.1 Å². The third kappa shape index (κ3) is 6.24. The fourth-order valence-corrected chi connectivity index (χ4v) is 6.04. The molecule has 0 radical (unpaired) electrons. The molecule has 2 N–H and O–H groups in total. The van der Waals surface area contributed by atoms with Gasteiger partial charge in [0.05, 0.1) is 11.9 Å². The predicted molar refractivity (Wildman–Crippen MR) is 162 cm³/mol. The second-order valence-corrected chi connectivity index (χ2v) is 11.6. The van der Waals surface area contributed by atoms with Crippen LogP contribution in [-0.2, 0) is 27.2 Å². The molecular weight excluding hydrogens is 512 g/mol. The molecule has 1 saturated heterocycles. The largest absolute Gasteiger partial charge is 0.368 e. The van der Waals surface area contributed by atoms with E-state index in [0.717, 1.165) is 32.8 Å². The first kappa shape index (κ1) is 28.3. The number of carbonyl (C=O) groups excluding carboxylic acids is 3. The van der Waals surface area contributed by atoms with Crippen LogP contribution in [0.1, 0.15) is 44.7 Å². The predicted octanol–water partition coefficient (Wildman–Crippen LogP) is 4.89. The molecule has 3 atom stereocenters. The third-order valence-electron chi connectivity index (χ3n) is 8.12. The number of pyridine rings is 1. The van der Waals surface area contributed by atoms with Crippen molar-refractivity contribution < 1.29 is 14.4 Å². The Balaban J connectivity index is 1.42. The number of nitrogens with zero attached hydrogens (tertiary/aromatic N) is 3. The lowest BCUT2D eigenvalue weighted by molar-refractivity contribution is -0.148. The Hall–Kier alpha value is -4.26. The van der Waals surface area contributed by atoms with E-state index in [1.807, 2.05) is 87.5 Å². The maximum absolute atomic E-state index is 14.2. The molecule has 7 nitrogen and oxygen atoms in total. The van der Waals surface area contributed by atoms with Crippen LogP contribution in [0, 0.1) is 5.92 Å². The maximum Gasteiger partial charge on any atom is 0.246 e. The Morgan fingerprint density at radius 2 is 1.66 bits per heavy atom. The summed E-state index contributed by atoms with van der Waals surface area (Å²) in [5, 5.41) is 3.16. The molecule has 0 bridgehead atoms. The molecular formula is C34H38N4O3. The van der Waals surface area contributed by atoms with E-state index in [-0.39, 0.29) is 30.2 Å². The van der Waals surface area contributed by atoms with Gasteiger partial charge in [-0.1, -0.05) is 68.4 Å². The lowest BCUT2D eigenvalue weighted by Crippen LogP contribution is -2.56. The van der Waals surface area contributed by atoms with Gasteiger partial charge in [-0.2, -0.15) is 0 Å². The van der Waals surface area contributed by atoms with Gasteiger partial charge in [0.2, 0.25) is 17.7 Å². The number of carbonyl (C=O) groups is 3. The number of primary amides is 1. The van der Waals surface area contributed by atoms with E-state index in [2.05, 4.69) is 11.1 Å². The number of hydrogen-bond donors (Lipinski definition) is 1. The minimum Gasteiger partial charge on any atom is -0.368 e. The van der Waals surface area contributed by atoms with E-state index in [9.17, 15) is 14.4 Å². The van der Waals surface area contributed by atoms with Crippen LogP contribution in [-0.4, -0.2) is 57.2 Å². The molecule has 7 heteroatoms. The second-order valence-electron chi connectivity index (χ2n) is 11.6. The molecule has 5 rings (SSSR count). The van der Waals surface area contributed by atoms with Crippen LogP contribution in [0.3, 0.4) is 0 Å². The van der Waals surface area contributed by atoms with Crippen molar-refractivity contribution in [2.24, 2.45) is 11.7 Å². The lowest BCUT2D eigenvalue weighted by atomic mass is 9.97. The number of fused-ring (bicyclic) bond motifs is 2. The highest BCUT2D eigenvalue weighted by atomic mass is 16.2. The van der Waals surface area contributed by atoms with Gasteiger partial charge >= 0.3 is 0 Å². The number of rotatable bonds is 8. The SMILES string of the molecule is CC(C)C[C@H]1C(=O)N(C(Cc2ccc3ccccc3c2)C(N)=O)CC[C@@H](C)N1C(=O)Cc1ccc2ncccc2c1. The van der Waals surface area contributed by atoms with Crippen molar-refractivity contribution in [2.75, 3.05) is 6.54 Å². The topological polar surface area (TPSA) is 96.6 Å². The third-order valence-corrected chi connectivity index (χ3v) is 8.12. The summed E-state index contributed by atoms with van der Waals surface area (Å²) in [5.74, 6) is -0.659. The molecule has 1 aromatic heterocycles. The van der Waals surface area contributed by atoms with Gasteiger partial charge in [0, 0.05) is 30.6 Å². The Labute approximate surface area is 241 Å². The molecule has 0 aliphatic carbocycles. The van der Waals surface area contributed by atoms with Crippen LogP contribution in [0.25, 0.3) is 21.7 Å². The summed E-state index contributed by atoms with van der Waals surface area (Å²) in [6.45, 7) is 6.45. The zero-order valence-electron chi connectivity index (χ0n) is 24.0. The molecule has 1 unspecified atom stereocenters. The molecule has 0 spiro atoms. The number of benzene rings is 3. The Kier molecular flexibility index (Phi) is 8.34. The molecule has 3 amide bonds. The summed E-state index contributed by atoms with van der Waals surface area (Å²) in [4.78, 5) is 48.7. The fourth-order valence-electron chi connectivity index (χ4n) is 6.04. The Bertz CT molecular complexity index is 1580. The van der Waals surface area contributed by atoms with Crippen molar-refractivity contribution in [2.45, 2.75) is 64.6 Å². The molecule has 2 heterocycles. The van der Waals surface area contributed by atoms with Gasteiger partial charge in [-0.15, -0.1) is 0 Å². The van der Waals surface area contributed by atoms with Gasteiger partial charge in [0.15, 0.2) is 0 Å². The average molecular weight is 551 g/mol. The van der Waals surface area contributed by atoms with Gasteiger partial charge in [-0.05, 0) is 65.8 Å². The summed E-state index contributed by atoms with van der Waals surface area (Å²) in [7, 11) is 0. The number of hydrogen-bond acceptors (Lipinski definition) is 4. The van der Waals surface area contributed by atoms with Gasteiger partial charge in [0.25, 0.3) is 0 Å². The minimum absolute atomic E-state index is 0.0910. The molecule has 1 aliphatic rings. The normalized spacial score (nSPS) is 18.6. The van der Waals surface area contributed by atoms with Crippen LogP contribution in [0.5, 0.6) is 0 Å². The number of amides is 3. The molecule has 41 heavy (non-hydrogen) atoms. The fraction of sp³-hybridized carbons (Fsp3) is 0.353. The zero-order chi connectivity index (χ0) is 29.1. The molecule has 1 fully saturated rings. The quantitative estimate of drug-likeness (QED) is 0.338. The van der Waals surface area contributed by atoms with E-state index in [1.165, 1.54) is 0 Å². The highest BCUT2D eigenvalue weighted by Crippen LogP contribution is 2.27. The monoisotopic (exact) mass is 550 g/mol. The first-order valence-electron chi connectivity index (χ1n) is 14.4. The van der Waals surface area contributed by atoms with Crippen molar-refractivity contribution in [3.8, 4) is 0 Å². The van der Waals surface area contributed by atoms with E-state index in [0.29, 0.717) is 25.8 Å². The van der Waals surface area contributed by atoms with E-state index < -0.39 is 18.0 Å². The van der Waals surface area contributed by atoms with Gasteiger partial charge in [-0.25, -0.2) is 0 Å². The van der Waals surface area contributed by atoms with Crippen LogP contribution in [0.2, 0.25) is 0 Å². The smallest absolute Gasteiger partial charge is 0.246 e. The first-order valence-corrected chi connectivity index (χ1v) is 14.4. The second kappa shape index (κ2) is 12.1. The minimum atomic E-state index is -0.798. The summed E-state index contributed by atoms with van der Waals surface area (Å²) >= 11 is 0. The van der Waals surface area contributed by atoms with Crippen LogP contribution in [0.4, 0.5) is 0 Å². The Morgan fingerprint density at radius 3 is 2.41 bits per heavy atom. The summed E-state index contributed by atoms with van der Waals surface area (Å²) in [6.07, 6.45) is 3.34. The van der Waals surface area contributed by atoms with Crippen molar-refractivity contribution in [1.29, 1.82) is 0 Å². The molecule has 0 saturated carbocycles. The molecule has 1 aliphatic heterocycles. The number of nitrogens with two attached hydrogens (primary N) is 1. The molecule has 212 valence electrons. The van der Waals surface area contributed by atoms with E-state index in [4.69, 9.17) is 5.73 Å². The lowest BCUT2D eigenvalue weighted by Gasteiger charge is -2.36. The first-order chi connectivity index (χ1) is 19.7. The van der Waals surface area contributed by atoms with Crippen molar-refractivity contribution in [1.82, 2.24) is 14.8 Å². The highest BCUT2D eigenvalue weighted by Gasteiger charge is 2.42. The molecule has 4 aromatic rings. The van der Waals surface area contributed by atoms with Gasteiger partial charge in [0.1, 0.15) is 12.1 Å². The van der Waals surface area contributed by atoms with Crippen LogP contribution in [0.15, 0.2) is 79.0 Å². The Morgan fingerprint density at radius 1 is 0.951 bits per heavy atom. The average Bonchev–Trinajstić information content (AvgIpc) is 3.06. The standard InChI is InChI=1S/C34H38N4O3/c1-22(2)17-31-34(41)37(30(33(35)40)20-24-10-12-26-7-4-5-8-27(26)18-24)16-14-23(3)38(31)32(39)21-25-11-13-29-28(19-25)9-6-15-36-29/h4-13,15,18-19,22-23,30-31H,14,16-17,20-21H2,1-3H3,(H2,35,40)/t23-,30?,31+/m1/s1. The van der Waals surface area contributed by atoms with E-state index in [1.54, 1.807) is 16.0 Å². The number of aromatic nitrogens is 1. The van der Waals surface area contributed by atoms with Crippen LogP contribution >= 0.6 is 0 Å². The van der Waals surface area contributed by atoms with Crippen molar-refractivity contribution in [3.63, 3.8) is 0 Å². The maximum atomic E-state index is 14.2. The van der Waals surface area contributed by atoms with Gasteiger partial charge in [-0.3, -0.25) is 19.4 Å². The summed E-state index contributed by atoms with van der Waals surface area (Å²) in [5.41, 5.74) is 8.64. The molecule has 3 aromatic carbocycles. The highest BCUT2D eigenvalue weighted by molar-refractivity contribution is 5.93. The summed E-state index contributed by atoms with van der Waals surface area (Å²) < 4.78 is 0. The van der Waals surface area contributed by atoms with Crippen molar-refractivity contribution >= 4 is 39.4 Å². The van der Waals surface area contributed by atoms with E-state index >= 15 is 0 Å². The van der Waals surface area contributed by atoms with Gasteiger partial charge < -0.3 is 15.5 Å². The zero-order valence-corrected chi connectivity index (χ0v) is 24.0. The van der Waals surface area contributed by atoms with Crippen LogP contribution < -0.4 is 5.73 Å². The summed E-state index contributed by atoms with van der Waals surface area (Å²) in [6, 6.07) is 22.2.